The van der Waals surface area contributed by atoms with Gasteiger partial charge in [0.05, 0.1) is 11.4 Å². The van der Waals surface area contributed by atoms with Gasteiger partial charge >= 0.3 is 0 Å². The van der Waals surface area contributed by atoms with Crippen LogP contribution in [0.4, 0.5) is 0 Å². The van der Waals surface area contributed by atoms with Gasteiger partial charge in [0.25, 0.3) is 0 Å². The van der Waals surface area contributed by atoms with E-state index in [1.807, 2.05) is 23.1 Å². The van der Waals surface area contributed by atoms with Crippen LogP contribution in [0.25, 0.3) is 0 Å². The second-order valence-electron chi connectivity index (χ2n) is 4.57. The number of halogens is 1. The van der Waals surface area contributed by atoms with Crippen molar-refractivity contribution in [1.82, 2.24) is 4.90 Å². The average molecular weight is 308 g/mol. The number of alkyl halides is 1. The van der Waals surface area contributed by atoms with Gasteiger partial charge < -0.3 is 4.90 Å². The van der Waals surface area contributed by atoms with Crippen molar-refractivity contribution in [2.24, 2.45) is 0 Å². The first-order chi connectivity index (χ1) is 8.81. The predicted octanol–water partition coefficient (Wildman–Crippen LogP) is 3.52. The number of allylic oxidation sites excluding steroid dienone is 1. The maximum Gasteiger partial charge on any atom is 0.234 e. The molecular formula is C15H18BrNO. The maximum atomic E-state index is 12.1. The first-order valence-corrected chi connectivity index (χ1v) is 7.49. The first-order valence-electron chi connectivity index (χ1n) is 6.37. The van der Waals surface area contributed by atoms with E-state index in [4.69, 9.17) is 0 Å². The van der Waals surface area contributed by atoms with Crippen LogP contribution in [-0.2, 0) is 11.3 Å². The lowest BCUT2D eigenvalue weighted by molar-refractivity contribution is -0.130. The highest BCUT2D eigenvalue weighted by Crippen LogP contribution is 2.19. The van der Waals surface area contributed by atoms with Gasteiger partial charge in [0.1, 0.15) is 0 Å². The van der Waals surface area contributed by atoms with Gasteiger partial charge in [0.2, 0.25) is 5.91 Å². The summed E-state index contributed by atoms with van der Waals surface area (Å²) in [5.41, 5.74) is 1.19. The highest BCUT2D eigenvalue weighted by Gasteiger charge is 2.22. The molecule has 2 rings (SSSR count). The molecule has 0 aromatic heterocycles. The van der Waals surface area contributed by atoms with Crippen LogP contribution in [0.15, 0.2) is 42.5 Å². The Labute approximate surface area is 117 Å². The Morgan fingerprint density at radius 2 is 2.11 bits per heavy atom. The quantitative estimate of drug-likeness (QED) is 0.615. The molecule has 1 aromatic rings. The lowest BCUT2D eigenvalue weighted by Gasteiger charge is -2.31. The summed E-state index contributed by atoms with van der Waals surface area (Å²) < 4.78 is 0. The molecule has 0 heterocycles. The zero-order chi connectivity index (χ0) is 12.8. The number of rotatable bonds is 4. The summed E-state index contributed by atoms with van der Waals surface area (Å²) in [5.74, 6) is 0.162. The van der Waals surface area contributed by atoms with Gasteiger partial charge in [-0.15, -0.1) is 0 Å². The lowest BCUT2D eigenvalue weighted by atomic mass is 10.0. The average Bonchev–Trinajstić information content (AvgIpc) is 2.46. The molecule has 2 nitrogen and oxygen atoms in total. The standard InChI is InChI=1S/C15H18BrNO/c16-11-15(18)17(14-9-5-2-6-10-14)12-13-7-3-1-4-8-13/h1,3-5,7-9,14H,2,6,10-12H2. The highest BCUT2D eigenvalue weighted by molar-refractivity contribution is 9.09. The molecule has 0 N–H and O–H groups in total. The van der Waals surface area contributed by atoms with Gasteiger partial charge in [0.15, 0.2) is 0 Å². The Kier molecular flexibility index (Phi) is 5.00. The zero-order valence-electron chi connectivity index (χ0n) is 10.4. The molecule has 1 unspecified atom stereocenters. The molecule has 1 aliphatic rings. The predicted molar refractivity (Wildman–Crippen MR) is 77.6 cm³/mol. The fraction of sp³-hybridized carbons (Fsp3) is 0.400. The molecule has 1 aromatic carbocycles. The number of amides is 1. The monoisotopic (exact) mass is 307 g/mol. The van der Waals surface area contributed by atoms with E-state index in [1.165, 1.54) is 12.0 Å². The minimum Gasteiger partial charge on any atom is -0.331 e. The number of benzene rings is 1. The minimum absolute atomic E-state index is 0.162. The maximum absolute atomic E-state index is 12.1. The molecule has 0 bridgehead atoms. The summed E-state index contributed by atoms with van der Waals surface area (Å²) in [4.78, 5) is 14.0. The molecule has 0 saturated carbocycles. The first kappa shape index (κ1) is 13.3. The third-order valence-electron chi connectivity index (χ3n) is 3.26. The fourth-order valence-corrected chi connectivity index (χ4v) is 2.62. The summed E-state index contributed by atoms with van der Waals surface area (Å²) in [6.45, 7) is 0.695. The SMILES string of the molecule is O=C(CBr)N(Cc1ccccc1)C1C=CCCC1. The van der Waals surface area contributed by atoms with E-state index in [0.717, 1.165) is 12.8 Å². The largest absolute Gasteiger partial charge is 0.331 e. The van der Waals surface area contributed by atoms with E-state index in [0.29, 0.717) is 11.9 Å². The Morgan fingerprint density at radius 1 is 1.33 bits per heavy atom. The van der Waals surface area contributed by atoms with Crippen molar-refractivity contribution in [1.29, 1.82) is 0 Å². The Balaban J connectivity index is 2.12. The molecule has 3 heteroatoms. The van der Waals surface area contributed by atoms with E-state index in [9.17, 15) is 4.79 Å². The van der Waals surface area contributed by atoms with Crippen LogP contribution in [0.5, 0.6) is 0 Å². The van der Waals surface area contributed by atoms with Crippen molar-refractivity contribution in [3.63, 3.8) is 0 Å². The van der Waals surface area contributed by atoms with Crippen LogP contribution in [0.3, 0.4) is 0 Å². The molecular weight excluding hydrogens is 290 g/mol. The van der Waals surface area contributed by atoms with E-state index < -0.39 is 0 Å². The third-order valence-corrected chi connectivity index (χ3v) is 3.74. The summed E-state index contributed by atoms with van der Waals surface area (Å²) in [6.07, 6.45) is 7.74. The Bertz CT molecular complexity index is 416. The smallest absolute Gasteiger partial charge is 0.234 e. The van der Waals surface area contributed by atoms with Crippen LogP contribution in [0, 0.1) is 0 Å². The van der Waals surface area contributed by atoms with E-state index in [-0.39, 0.29) is 11.9 Å². The van der Waals surface area contributed by atoms with Crippen LogP contribution >= 0.6 is 15.9 Å². The van der Waals surface area contributed by atoms with Crippen LogP contribution in [0.2, 0.25) is 0 Å². The van der Waals surface area contributed by atoms with Gasteiger partial charge in [-0.2, -0.15) is 0 Å². The lowest BCUT2D eigenvalue weighted by Crippen LogP contribution is -2.40. The van der Waals surface area contributed by atoms with Crippen molar-refractivity contribution in [2.75, 3.05) is 5.33 Å². The number of carbonyl (C=O) groups is 1. The number of carbonyl (C=O) groups excluding carboxylic acids is 1. The summed E-state index contributed by atoms with van der Waals surface area (Å²) in [7, 11) is 0. The topological polar surface area (TPSA) is 20.3 Å². The molecule has 18 heavy (non-hydrogen) atoms. The normalized spacial score (nSPS) is 18.6. The molecule has 0 fully saturated rings. The Morgan fingerprint density at radius 3 is 2.72 bits per heavy atom. The number of hydrogen-bond donors (Lipinski definition) is 0. The summed E-state index contributed by atoms with van der Waals surface area (Å²) in [5, 5.41) is 0.393. The molecule has 0 aliphatic heterocycles. The van der Waals surface area contributed by atoms with Crippen molar-refractivity contribution in [2.45, 2.75) is 31.8 Å². The summed E-state index contributed by atoms with van der Waals surface area (Å²) in [6, 6.07) is 10.4. The second kappa shape index (κ2) is 6.74. The molecule has 1 aliphatic carbocycles. The van der Waals surface area contributed by atoms with Crippen LogP contribution in [-0.4, -0.2) is 22.2 Å². The van der Waals surface area contributed by atoms with Crippen LogP contribution < -0.4 is 0 Å². The molecule has 96 valence electrons. The van der Waals surface area contributed by atoms with E-state index >= 15 is 0 Å². The molecule has 0 radical (unpaired) electrons. The summed E-state index contributed by atoms with van der Waals surface area (Å²) >= 11 is 3.28. The highest BCUT2D eigenvalue weighted by atomic mass is 79.9. The van der Waals surface area contributed by atoms with Gasteiger partial charge in [0, 0.05) is 6.54 Å². The van der Waals surface area contributed by atoms with Gasteiger partial charge in [-0.3, -0.25) is 4.79 Å². The van der Waals surface area contributed by atoms with E-state index in [1.54, 1.807) is 0 Å². The minimum atomic E-state index is 0.162. The fourth-order valence-electron chi connectivity index (χ4n) is 2.30. The third kappa shape index (κ3) is 3.45. The van der Waals surface area contributed by atoms with Gasteiger partial charge in [-0.25, -0.2) is 0 Å². The number of nitrogens with zero attached hydrogens (tertiary/aromatic N) is 1. The number of hydrogen-bond acceptors (Lipinski definition) is 1. The Hall–Kier alpha value is -1.09. The van der Waals surface area contributed by atoms with Crippen molar-refractivity contribution < 1.29 is 4.79 Å². The second-order valence-corrected chi connectivity index (χ2v) is 5.13. The molecule has 0 spiro atoms. The van der Waals surface area contributed by atoms with Crippen molar-refractivity contribution >= 4 is 21.8 Å². The van der Waals surface area contributed by atoms with Crippen molar-refractivity contribution in [3.8, 4) is 0 Å². The van der Waals surface area contributed by atoms with Gasteiger partial charge in [-0.1, -0.05) is 58.4 Å². The zero-order valence-corrected chi connectivity index (χ0v) is 12.0. The van der Waals surface area contributed by atoms with Crippen LogP contribution in [0.1, 0.15) is 24.8 Å². The van der Waals surface area contributed by atoms with Gasteiger partial charge in [-0.05, 0) is 24.8 Å². The molecule has 0 saturated heterocycles. The van der Waals surface area contributed by atoms with E-state index in [2.05, 4.69) is 40.2 Å². The molecule has 1 atom stereocenters. The molecule has 1 amide bonds. The van der Waals surface area contributed by atoms with Crippen molar-refractivity contribution in [3.05, 3.63) is 48.0 Å².